The molecule has 0 unspecified atom stereocenters. The fourth-order valence-electron chi connectivity index (χ4n) is 2.11. The molecule has 0 fully saturated rings. The summed E-state index contributed by atoms with van der Waals surface area (Å²) < 4.78 is 5.04. The molecule has 0 atom stereocenters. The molecule has 3 N–H and O–H groups in total. The third-order valence-corrected chi connectivity index (χ3v) is 3.45. The predicted octanol–water partition coefficient (Wildman–Crippen LogP) is 3.21. The van der Waals surface area contributed by atoms with Gasteiger partial charge in [0.1, 0.15) is 0 Å². The molecule has 0 aliphatic heterocycles. The minimum absolute atomic E-state index is 0.124. The Balaban J connectivity index is 3.18. The van der Waals surface area contributed by atoms with E-state index in [1.807, 2.05) is 0 Å². The van der Waals surface area contributed by atoms with Crippen molar-refractivity contribution in [2.75, 3.05) is 13.2 Å². The van der Waals surface area contributed by atoms with Gasteiger partial charge < -0.3 is 15.8 Å². The first kappa shape index (κ1) is 21.2. The Kier molecular flexibility index (Phi) is 14.0. The number of unbranched alkanes of at least 4 members (excludes halogenated alkanes) is 8. The molecule has 23 heavy (non-hydrogen) atoms. The van der Waals surface area contributed by atoms with E-state index >= 15 is 0 Å². The minimum Gasteiger partial charge on any atom is -0.462 e. The maximum atomic E-state index is 11.1. The highest BCUT2D eigenvalue weighted by Gasteiger charge is 2.01. The summed E-state index contributed by atoms with van der Waals surface area (Å²) in [6, 6.07) is 0. The molecule has 0 aromatic carbocycles. The average Bonchev–Trinajstić information content (AvgIpc) is 2.51. The van der Waals surface area contributed by atoms with E-state index in [1.165, 1.54) is 44.4 Å². The van der Waals surface area contributed by atoms with Gasteiger partial charge >= 0.3 is 5.97 Å². The molecule has 0 bridgehead atoms. The third-order valence-electron chi connectivity index (χ3n) is 3.45. The molecule has 0 rings (SSSR count). The molecular weight excluding hydrogens is 292 g/mol. The summed E-state index contributed by atoms with van der Waals surface area (Å²) >= 11 is 0. The number of amides is 1. The van der Waals surface area contributed by atoms with Crippen molar-refractivity contribution < 1.29 is 14.3 Å². The highest BCUT2D eigenvalue weighted by molar-refractivity contribution is 5.87. The first-order chi connectivity index (χ1) is 11.1. The molecule has 0 aromatic rings. The maximum Gasteiger partial charge on any atom is 0.333 e. The Hall–Kier alpha value is -1.78. The lowest BCUT2D eigenvalue weighted by Crippen LogP contribution is -2.22. The van der Waals surface area contributed by atoms with E-state index in [0.29, 0.717) is 18.7 Å². The van der Waals surface area contributed by atoms with Gasteiger partial charge in [-0.05, 0) is 26.0 Å². The van der Waals surface area contributed by atoms with Crippen LogP contribution in [0.1, 0.15) is 64.7 Å². The number of ether oxygens (including phenoxy) is 1. The smallest absolute Gasteiger partial charge is 0.333 e. The lowest BCUT2D eigenvalue weighted by Gasteiger charge is -2.05. The van der Waals surface area contributed by atoms with E-state index in [-0.39, 0.29) is 11.9 Å². The summed E-state index contributed by atoms with van der Waals surface area (Å²) in [5.74, 6) is -0.415. The van der Waals surface area contributed by atoms with Crippen molar-refractivity contribution in [2.45, 2.75) is 64.7 Å². The second-order valence-corrected chi connectivity index (χ2v) is 5.75. The van der Waals surface area contributed by atoms with Gasteiger partial charge in [0.2, 0.25) is 5.91 Å². The Bertz CT molecular complexity index is 378. The molecule has 0 aromatic heterocycles. The van der Waals surface area contributed by atoms with Crippen molar-refractivity contribution in [1.29, 1.82) is 0 Å². The Morgan fingerprint density at radius 2 is 1.52 bits per heavy atom. The Labute approximate surface area is 140 Å². The average molecular weight is 324 g/mol. The van der Waals surface area contributed by atoms with Gasteiger partial charge in [0.25, 0.3) is 0 Å². The second-order valence-electron chi connectivity index (χ2n) is 5.75. The molecule has 1 amide bonds. The van der Waals surface area contributed by atoms with Gasteiger partial charge in [0, 0.05) is 18.2 Å². The lowest BCUT2D eigenvalue weighted by atomic mass is 10.1. The zero-order chi connectivity index (χ0) is 17.3. The maximum absolute atomic E-state index is 11.1. The van der Waals surface area contributed by atoms with Crippen molar-refractivity contribution in [1.82, 2.24) is 5.32 Å². The minimum atomic E-state index is -0.291. The fraction of sp³-hybridized carbons (Fsp3) is 0.667. The first-order valence-corrected chi connectivity index (χ1v) is 8.56. The van der Waals surface area contributed by atoms with Crippen molar-refractivity contribution >= 4 is 11.9 Å². The van der Waals surface area contributed by atoms with Gasteiger partial charge in [0.05, 0.1) is 6.61 Å². The number of nitrogens with two attached hydrogens (primary N) is 1. The van der Waals surface area contributed by atoms with Crippen LogP contribution in [-0.2, 0) is 14.3 Å². The number of hydrogen-bond acceptors (Lipinski definition) is 4. The van der Waals surface area contributed by atoms with Crippen molar-refractivity contribution in [3.8, 4) is 0 Å². The number of carbonyl (C=O) groups is 2. The van der Waals surface area contributed by atoms with Crippen LogP contribution in [0.15, 0.2) is 24.4 Å². The lowest BCUT2D eigenvalue weighted by molar-refractivity contribution is -0.139. The number of rotatable bonds is 14. The topological polar surface area (TPSA) is 81.4 Å². The Morgan fingerprint density at radius 3 is 2.04 bits per heavy atom. The fourth-order valence-corrected chi connectivity index (χ4v) is 2.11. The second kappa shape index (κ2) is 15.1. The van der Waals surface area contributed by atoms with Gasteiger partial charge in [0.15, 0.2) is 0 Å². The van der Waals surface area contributed by atoms with Gasteiger partial charge in [-0.25, -0.2) is 4.79 Å². The molecule has 0 radical (unpaired) electrons. The molecular formula is C18H32N2O3. The summed E-state index contributed by atoms with van der Waals surface area (Å²) in [5.41, 5.74) is 5.58. The van der Waals surface area contributed by atoms with E-state index in [1.54, 1.807) is 6.92 Å². The van der Waals surface area contributed by atoms with E-state index in [2.05, 4.69) is 11.9 Å². The number of carbonyl (C=O) groups excluding carboxylic acids is 2. The third kappa shape index (κ3) is 14.9. The molecule has 5 nitrogen and oxygen atoms in total. The molecule has 0 aliphatic carbocycles. The normalized spacial score (nSPS) is 10.7. The SMILES string of the molecule is C=C(C)C(=O)OCCCCCCCCCCCNC(=O)/C=C\N. The highest BCUT2D eigenvalue weighted by Crippen LogP contribution is 2.09. The van der Waals surface area contributed by atoms with Crippen molar-refractivity contribution in [2.24, 2.45) is 5.73 Å². The summed E-state index contributed by atoms with van der Waals surface area (Å²) in [7, 11) is 0. The van der Waals surface area contributed by atoms with Gasteiger partial charge in [-0.15, -0.1) is 0 Å². The van der Waals surface area contributed by atoms with Crippen LogP contribution in [0.3, 0.4) is 0 Å². The number of hydrogen-bond donors (Lipinski definition) is 2. The molecule has 0 heterocycles. The van der Waals surface area contributed by atoms with Crippen LogP contribution < -0.4 is 11.1 Å². The zero-order valence-corrected chi connectivity index (χ0v) is 14.4. The van der Waals surface area contributed by atoms with Gasteiger partial charge in [-0.2, -0.15) is 0 Å². The van der Waals surface area contributed by atoms with E-state index in [9.17, 15) is 9.59 Å². The summed E-state index contributed by atoms with van der Waals surface area (Å²) in [6.07, 6.45) is 12.9. The molecule has 0 saturated carbocycles. The first-order valence-electron chi connectivity index (χ1n) is 8.56. The van der Waals surface area contributed by atoms with Crippen LogP contribution in [0.5, 0.6) is 0 Å². The standard InChI is InChI=1S/C18H32N2O3/c1-16(2)18(22)23-15-11-9-7-5-3-4-6-8-10-14-20-17(21)12-13-19/h12-13H,1,3-11,14-15,19H2,2H3,(H,20,21)/b13-12-. The van der Waals surface area contributed by atoms with Crippen molar-refractivity contribution in [3.05, 3.63) is 24.4 Å². The van der Waals surface area contributed by atoms with Crippen LogP contribution in [0.25, 0.3) is 0 Å². The zero-order valence-electron chi connectivity index (χ0n) is 14.4. The number of nitrogens with one attached hydrogen (secondary N) is 1. The largest absolute Gasteiger partial charge is 0.462 e. The van der Waals surface area contributed by atoms with Crippen LogP contribution in [0.2, 0.25) is 0 Å². The van der Waals surface area contributed by atoms with Gasteiger partial charge in [-0.3, -0.25) is 4.79 Å². The molecule has 5 heteroatoms. The summed E-state index contributed by atoms with van der Waals surface area (Å²) in [5, 5.41) is 2.78. The highest BCUT2D eigenvalue weighted by atomic mass is 16.5. The molecule has 0 spiro atoms. The monoisotopic (exact) mass is 324 g/mol. The van der Waals surface area contributed by atoms with Crippen LogP contribution in [-0.4, -0.2) is 25.0 Å². The van der Waals surface area contributed by atoms with Crippen LogP contribution in [0.4, 0.5) is 0 Å². The van der Waals surface area contributed by atoms with Crippen LogP contribution >= 0.6 is 0 Å². The summed E-state index contributed by atoms with van der Waals surface area (Å²) in [4.78, 5) is 22.2. The van der Waals surface area contributed by atoms with Gasteiger partial charge in [-0.1, -0.05) is 51.5 Å². The van der Waals surface area contributed by atoms with Crippen LogP contribution in [0, 0.1) is 0 Å². The summed E-state index contributed by atoms with van der Waals surface area (Å²) in [6.45, 7) is 6.42. The van der Waals surface area contributed by atoms with Crippen molar-refractivity contribution in [3.63, 3.8) is 0 Å². The Morgan fingerprint density at radius 1 is 1.00 bits per heavy atom. The molecule has 132 valence electrons. The van der Waals surface area contributed by atoms with E-state index in [0.717, 1.165) is 25.7 Å². The molecule has 0 saturated heterocycles. The quantitative estimate of drug-likeness (QED) is 0.292. The predicted molar refractivity (Wildman–Crippen MR) is 93.7 cm³/mol. The van der Waals surface area contributed by atoms with E-state index in [4.69, 9.17) is 10.5 Å². The molecule has 0 aliphatic rings. The van der Waals surface area contributed by atoms with E-state index < -0.39 is 0 Å². The number of esters is 1.